The number of benzene rings is 2. The van der Waals surface area contributed by atoms with Crippen molar-refractivity contribution in [2.75, 3.05) is 13.2 Å². The number of ether oxygens (including phenoxy) is 1. The first-order valence-electron chi connectivity index (χ1n) is 9.75. The number of amides is 2. The predicted octanol–water partition coefficient (Wildman–Crippen LogP) is 1.48. The van der Waals surface area contributed by atoms with Gasteiger partial charge in [0.05, 0.1) is 30.5 Å². The van der Waals surface area contributed by atoms with Crippen molar-refractivity contribution >= 4 is 28.1 Å². The monoisotopic (exact) mass is 470 g/mol. The Morgan fingerprint density at radius 1 is 1.06 bits per heavy atom. The molecule has 2 amide bonds. The molecule has 33 heavy (non-hydrogen) atoms. The highest BCUT2D eigenvalue weighted by Gasteiger charge is 2.27. The third-order valence-electron chi connectivity index (χ3n) is 4.28. The molecular weight excluding hydrogens is 448 g/mol. The van der Waals surface area contributed by atoms with Crippen molar-refractivity contribution in [1.82, 2.24) is 9.73 Å². The second-order valence-electron chi connectivity index (χ2n) is 6.78. The number of furan rings is 1. The molecule has 0 saturated heterocycles. The zero-order valence-electron chi connectivity index (χ0n) is 17.5. The van der Waals surface area contributed by atoms with Gasteiger partial charge in [-0.15, -0.1) is 0 Å². The summed E-state index contributed by atoms with van der Waals surface area (Å²) in [6.45, 7) is -0.812. The number of hydrogen-bond donors (Lipinski definition) is 2. The molecule has 0 bridgehead atoms. The van der Waals surface area contributed by atoms with Crippen molar-refractivity contribution in [1.29, 1.82) is 0 Å². The molecule has 3 rings (SSSR count). The molecule has 0 aliphatic rings. The van der Waals surface area contributed by atoms with Crippen molar-refractivity contribution in [3.63, 3.8) is 0 Å². The van der Waals surface area contributed by atoms with Gasteiger partial charge >= 0.3 is 0 Å². The van der Waals surface area contributed by atoms with Crippen LogP contribution < -0.4 is 15.9 Å². The number of hydrazone groups is 1. The lowest BCUT2D eigenvalue weighted by atomic mass is 10.2. The fraction of sp³-hybridized carbons (Fsp3) is 0.136. The summed E-state index contributed by atoms with van der Waals surface area (Å²) in [6.07, 6.45) is 2.82. The predicted molar refractivity (Wildman–Crippen MR) is 120 cm³/mol. The molecule has 3 aromatic rings. The molecule has 3 N–H and O–H groups in total. The summed E-state index contributed by atoms with van der Waals surface area (Å²) >= 11 is 0. The summed E-state index contributed by atoms with van der Waals surface area (Å²) in [6, 6.07) is 17.6. The van der Waals surface area contributed by atoms with Crippen LogP contribution in [0.5, 0.6) is 5.75 Å². The van der Waals surface area contributed by atoms with Gasteiger partial charge in [-0.2, -0.15) is 9.41 Å². The van der Waals surface area contributed by atoms with Crippen LogP contribution in [-0.2, 0) is 26.2 Å². The van der Waals surface area contributed by atoms with E-state index in [4.69, 9.17) is 14.9 Å². The lowest BCUT2D eigenvalue weighted by Crippen LogP contribution is -2.38. The van der Waals surface area contributed by atoms with E-state index in [-0.39, 0.29) is 18.0 Å². The fourth-order valence-electron chi connectivity index (χ4n) is 2.72. The van der Waals surface area contributed by atoms with Gasteiger partial charge in [0.25, 0.3) is 11.8 Å². The maximum atomic E-state index is 13.0. The average molecular weight is 471 g/mol. The molecule has 0 unspecified atom stereocenters. The molecule has 0 fully saturated rings. The van der Waals surface area contributed by atoms with Crippen LogP contribution in [0.15, 0.2) is 87.4 Å². The second kappa shape index (κ2) is 11.1. The minimum atomic E-state index is -3.95. The van der Waals surface area contributed by atoms with Crippen LogP contribution in [0, 0.1) is 0 Å². The zero-order valence-corrected chi connectivity index (χ0v) is 18.3. The molecule has 172 valence electrons. The van der Waals surface area contributed by atoms with Gasteiger partial charge in [-0.25, -0.2) is 13.8 Å². The average Bonchev–Trinajstić information content (AvgIpc) is 3.32. The van der Waals surface area contributed by atoms with Gasteiger partial charge in [0.15, 0.2) is 6.61 Å². The van der Waals surface area contributed by atoms with Gasteiger partial charge in [0.1, 0.15) is 11.5 Å². The quantitative estimate of drug-likeness (QED) is 0.321. The Labute approximate surface area is 190 Å². The first kappa shape index (κ1) is 23.7. The zero-order chi connectivity index (χ0) is 23.7. The molecule has 1 aromatic heterocycles. The van der Waals surface area contributed by atoms with Crippen molar-refractivity contribution in [3.05, 3.63) is 84.3 Å². The highest BCUT2D eigenvalue weighted by molar-refractivity contribution is 7.89. The van der Waals surface area contributed by atoms with Crippen LogP contribution in [0.2, 0.25) is 0 Å². The third-order valence-corrected chi connectivity index (χ3v) is 6.08. The van der Waals surface area contributed by atoms with E-state index in [1.54, 1.807) is 54.6 Å². The summed E-state index contributed by atoms with van der Waals surface area (Å²) < 4.78 is 37.5. The number of sulfonamides is 1. The van der Waals surface area contributed by atoms with Crippen LogP contribution in [0.4, 0.5) is 0 Å². The standard InChI is InChI=1S/C22H22N4O6S/c23-21(27)16-32-18-10-8-17(9-11-18)13-24-25-22(28)15-26(14-19-5-4-12-31-19)33(29,30)20-6-2-1-3-7-20/h1-13H,14-16H2,(H2,23,27)(H,25,28)/b24-13-. The number of rotatable bonds is 11. The Hall–Kier alpha value is -3.96. The molecule has 0 atom stereocenters. The summed E-state index contributed by atoms with van der Waals surface area (Å²) in [5.74, 6) is -0.364. The third kappa shape index (κ3) is 7.02. The van der Waals surface area contributed by atoms with E-state index in [2.05, 4.69) is 10.5 Å². The van der Waals surface area contributed by atoms with Gasteiger partial charge in [-0.1, -0.05) is 18.2 Å². The maximum Gasteiger partial charge on any atom is 0.255 e. The maximum absolute atomic E-state index is 13.0. The Morgan fingerprint density at radius 2 is 1.79 bits per heavy atom. The molecular formula is C22H22N4O6S. The Balaban J connectivity index is 1.64. The van der Waals surface area contributed by atoms with Crippen LogP contribution in [0.1, 0.15) is 11.3 Å². The molecule has 0 aliphatic carbocycles. The van der Waals surface area contributed by atoms with E-state index in [0.717, 1.165) is 4.31 Å². The lowest BCUT2D eigenvalue weighted by Gasteiger charge is -2.20. The minimum Gasteiger partial charge on any atom is -0.484 e. The van der Waals surface area contributed by atoms with Gasteiger partial charge in [-0.3, -0.25) is 9.59 Å². The number of nitrogens with one attached hydrogen (secondary N) is 1. The highest BCUT2D eigenvalue weighted by atomic mass is 32.2. The Morgan fingerprint density at radius 3 is 2.42 bits per heavy atom. The highest BCUT2D eigenvalue weighted by Crippen LogP contribution is 2.18. The first-order valence-corrected chi connectivity index (χ1v) is 11.2. The van der Waals surface area contributed by atoms with Crippen molar-refractivity contribution in [3.8, 4) is 5.75 Å². The summed E-state index contributed by atoms with van der Waals surface area (Å²) in [4.78, 5) is 23.2. The summed E-state index contributed by atoms with van der Waals surface area (Å²) in [5, 5.41) is 3.87. The number of carbonyl (C=O) groups is 2. The molecule has 11 heteroatoms. The number of nitrogens with two attached hydrogens (primary N) is 1. The van der Waals surface area contributed by atoms with E-state index in [1.165, 1.54) is 24.6 Å². The fourth-order valence-corrected chi connectivity index (χ4v) is 4.11. The molecule has 0 saturated carbocycles. The van der Waals surface area contributed by atoms with Crippen LogP contribution in [-0.4, -0.2) is 43.9 Å². The Bertz CT molecular complexity index is 1190. The second-order valence-corrected chi connectivity index (χ2v) is 8.72. The van der Waals surface area contributed by atoms with E-state index in [0.29, 0.717) is 17.1 Å². The molecule has 10 nitrogen and oxygen atoms in total. The largest absolute Gasteiger partial charge is 0.484 e. The van der Waals surface area contributed by atoms with Crippen molar-refractivity contribution < 1.29 is 27.2 Å². The Kier molecular flexibility index (Phi) is 7.95. The first-order chi connectivity index (χ1) is 15.8. The normalized spacial score (nSPS) is 11.5. The van der Waals surface area contributed by atoms with Gasteiger partial charge in [-0.05, 0) is 54.1 Å². The molecule has 0 aliphatic heterocycles. The molecule has 1 heterocycles. The van der Waals surface area contributed by atoms with E-state index >= 15 is 0 Å². The molecule has 0 spiro atoms. The lowest BCUT2D eigenvalue weighted by molar-refractivity contribution is -0.121. The molecule has 2 aromatic carbocycles. The van der Waals surface area contributed by atoms with Gasteiger partial charge < -0.3 is 14.9 Å². The number of carbonyl (C=O) groups excluding carboxylic acids is 2. The van der Waals surface area contributed by atoms with Crippen molar-refractivity contribution in [2.45, 2.75) is 11.4 Å². The summed E-state index contributed by atoms with van der Waals surface area (Å²) in [5.41, 5.74) is 7.99. The van der Waals surface area contributed by atoms with E-state index in [1.807, 2.05) is 0 Å². The van der Waals surface area contributed by atoms with Crippen LogP contribution in [0.25, 0.3) is 0 Å². The number of nitrogens with zero attached hydrogens (tertiary/aromatic N) is 2. The van der Waals surface area contributed by atoms with Crippen LogP contribution >= 0.6 is 0 Å². The van der Waals surface area contributed by atoms with E-state index in [9.17, 15) is 18.0 Å². The number of hydrogen-bond acceptors (Lipinski definition) is 7. The smallest absolute Gasteiger partial charge is 0.255 e. The van der Waals surface area contributed by atoms with E-state index < -0.39 is 28.4 Å². The van der Waals surface area contributed by atoms with Gasteiger partial charge in [0.2, 0.25) is 10.0 Å². The van der Waals surface area contributed by atoms with Gasteiger partial charge in [0, 0.05) is 0 Å². The number of primary amides is 1. The SMILES string of the molecule is NC(=O)COc1ccc(/C=N\NC(=O)CN(Cc2ccco2)S(=O)(=O)c2ccccc2)cc1. The minimum absolute atomic E-state index is 0.0616. The summed E-state index contributed by atoms with van der Waals surface area (Å²) in [7, 11) is -3.95. The van der Waals surface area contributed by atoms with Crippen molar-refractivity contribution in [2.24, 2.45) is 10.8 Å². The van der Waals surface area contributed by atoms with Crippen LogP contribution in [0.3, 0.4) is 0 Å². The topological polar surface area (TPSA) is 144 Å². The molecule has 0 radical (unpaired) electrons.